The molecule has 7 nitrogen and oxygen atoms in total. The summed E-state index contributed by atoms with van der Waals surface area (Å²) in [5, 5.41) is 10.6. The van der Waals surface area contributed by atoms with Crippen molar-refractivity contribution in [3.05, 3.63) is 111 Å². The smallest absolute Gasteiger partial charge is 0.348 e. The molecule has 5 rings (SSSR count). The molecule has 2 aromatic heterocycles. The molecule has 43 heavy (non-hydrogen) atoms. The molecule has 11 heteroatoms. The summed E-state index contributed by atoms with van der Waals surface area (Å²) in [4.78, 5) is 29.7. The van der Waals surface area contributed by atoms with Gasteiger partial charge in [0.1, 0.15) is 5.69 Å². The van der Waals surface area contributed by atoms with E-state index in [4.69, 9.17) is 0 Å². The van der Waals surface area contributed by atoms with Crippen molar-refractivity contribution in [1.82, 2.24) is 20.1 Å². The summed E-state index contributed by atoms with van der Waals surface area (Å²) in [6.45, 7) is 6.48. The van der Waals surface area contributed by atoms with E-state index < -0.39 is 17.8 Å². The maximum atomic E-state index is 13.6. The summed E-state index contributed by atoms with van der Waals surface area (Å²) < 4.78 is 43.1. The minimum absolute atomic E-state index is 0.0611. The molecular formula is C32H29BrF3N5O2. The van der Waals surface area contributed by atoms with Gasteiger partial charge in [0, 0.05) is 34.4 Å². The van der Waals surface area contributed by atoms with Gasteiger partial charge in [-0.2, -0.15) is 18.3 Å². The molecule has 1 aliphatic rings. The van der Waals surface area contributed by atoms with E-state index in [9.17, 15) is 22.8 Å². The van der Waals surface area contributed by atoms with Gasteiger partial charge in [-0.3, -0.25) is 14.3 Å². The molecule has 0 saturated heterocycles. The third-order valence-corrected chi connectivity index (χ3v) is 7.85. The number of carbonyl (C=O) groups is 2. The molecule has 0 saturated carbocycles. The standard InChI is InChI=1S/C32H29BrF3N5O2/c1-18-4-6-21(7-5-18)16-37-30(42)23-10-8-22(9-11-23)17-41-20(3)29(19(2)40-41)39-31(43)26-15-28(32(34,35)36)38-27-13-12-24(33)14-25(26)27/h4-8,10-15,22H,9,16-17H2,1-3H3,(H,37,42)(H,39,43). The van der Waals surface area contributed by atoms with Gasteiger partial charge in [0.2, 0.25) is 0 Å². The minimum atomic E-state index is -4.71. The first-order valence-electron chi connectivity index (χ1n) is 13.6. The van der Waals surface area contributed by atoms with Crippen LogP contribution in [0.1, 0.15) is 45.0 Å². The molecule has 2 amide bonds. The number of nitrogens with zero attached hydrogens (tertiary/aromatic N) is 3. The highest BCUT2D eigenvalue weighted by Crippen LogP contribution is 2.33. The van der Waals surface area contributed by atoms with Gasteiger partial charge in [0.05, 0.1) is 28.2 Å². The normalized spacial score (nSPS) is 15.0. The van der Waals surface area contributed by atoms with Crippen molar-refractivity contribution < 1.29 is 22.8 Å². The number of aryl methyl sites for hydroxylation is 2. The number of halogens is 4. The molecule has 0 bridgehead atoms. The summed E-state index contributed by atoms with van der Waals surface area (Å²) >= 11 is 3.32. The Balaban J connectivity index is 1.27. The maximum Gasteiger partial charge on any atom is 0.433 e. The van der Waals surface area contributed by atoms with Crippen LogP contribution in [0.15, 0.2) is 76.8 Å². The van der Waals surface area contributed by atoms with Gasteiger partial charge in [-0.1, -0.05) is 64.0 Å². The zero-order valence-corrected chi connectivity index (χ0v) is 25.3. The molecule has 0 radical (unpaired) electrons. The number of nitrogens with one attached hydrogen (secondary N) is 2. The van der Waals surface area contributed by atoms with Gasteiger partial charge in [0.15, 0.2) is 0 Å². The molecule has 222 valence electrons. The van der Waals surface area contributed by atoms with Gasteiger partial charge in [-0.25, -0.2) is 4.98 Å². The Morgan fingerprint density at radius 2 is 1.79 bits per heavy atom. The first-order valence-corrected chi connectivity index (χ1v) is 14.4. The van der Waals surface area contributed by atoms with Crippen molar-refractivity contribution in [2.75, 3.05) is 5.32 Å². The number of anilines is 1. The van der Waals surface area contributed by atoms with E-state index in [1.807, 2.05) is 43.3 Å². The average molecular weight is 653 g/mol. The second kappa shape index (κ2) is 12.2. The molecule has 4 aromatic rings. The Kier molecular flexibility index (Phi) is 8.55. The highest BCUT2D eigenvalue weighted by Gasteiger charge is 2.34. The number of hydrogen-bond acceptors (Lipinski definition) is 4. The third-order valence-electron chi connectivity index (χ3n) is 7.36. The SMILES string of the molecule is Cc1ccc(CNC(=O)C2=CCC(Cn3nc(C)c(NC(=O)c4cc(C(F)(F)F)nc5ccc(Br)cc45)c3C)C=C2)cc1. The molecule has 2 N–H and O–H groups in total. The average Bonchev–Trinajstić information content (AvgIpc) is 3.23. The van der Waals surface area contributed by atoms with Gasteiger partial charge >= 0.3 is 6.18 Å². The molecule has 0 fully saturated rings. The Labute approximate surface area is 255 Å². The third kappa shape index (κ3) is 6.88. The number of aromatic nitrogens is 3. The molecular weight excluding hydrogens is 623 g/mol. The lowest BCUT2D eigenvalue weighted by Crippen LogP contribution is -2.25. The zero-order chi connectivity index (χ0) is 30.9. The predicted molar refractivity (Wildman–Crippen MR) is 162 cm³/mol. The van der Waals surface area contributed by atoms with Gasteiger partial charge < -0.3 is 10.6 Å². The van der Waals surface area contributed by atoms with Crippen LogP contribution in [0.2, 0.25) is 0 Å². The lowest BCUT2D eigenvalue weighted by atomic mass is 9.96. The zero-order valence-electron chi connectivity index (χ0n) is 23.7. The summed E-state index contributed by atoms with van der Waals surface area (Å²) in [6.07, 6.45) is 1.58. The number of carbonyl (C=O) groups excluding carboxylic acids is 2. The van der Waals surface area contributed by atoms with Crippen molar-refractivity contribution in [2.45, 2.75) is 46.5 Å². The number of amides is 2. The van der Waals surface area contributed by atoms with Gasteiger partial charge in [-0.15, -0.1) is 0 Å². The quantitative estimate of drug-likeness (QED) is 0.221. The number of pyridine rings is 1. The van der Waals surface area contributed by atoms with E-state index in [1.165, 1.54) is 6.07 Å². The van der Waals surface area contributed by atoms with Gasteiger partial charge in [-0.05, 0) is 57.0 Å². The number of hydrogen-bond donors (Lipinski definition) is 2. The minimum Gasteiger partial charge on any atom is -0.348 e. The molecule has 0 aliphatic heterocycles. The van der Waals surface area contributed by atoms with Crippen LogP contribution < -0.4 is 10.6 Å². The summed E-state index contributed by atoms with van der Waals surface area (Å²) in [5.41, 5.74) is 3.20. The molecule has 0 spiro atoms. The van der Waals surface area contributed by atoms with Crippen molar-refractivity contribution in [2.24, 2.45) is 5.92 Å². The van der Waals surface area contributed by atoms with Crippen LogP contribution >= 0.6 is 15.9 Å². The summed E-state index contributed by atoms with van der Waals surface area (Å²) in [7, 11) is 0. The van der Waals surface area contributed by atoms with Crippen LogP contribution in [0.5, 0.6) is 0 Å². The lowest BCUT2D eigenvalue weighted by molar-refractivity contribution is -0.141. The highest BCUT2D eigenvalue weighted by atomic mass is 79.9. The largest absolute Gasteiger partial charge is 0.433 e. The summed E-state index contributed by atoms with van der Waals surface area (Å²) in [6, 6.07) is 13.3. The number of rotatable bonds is 7. The second-order valence-electron chi connectivity index (χ2n) is 10.6. The maximum absolute atomic E-state index is 13.6. The van der Waals surface area contributed by atoms with E-state index in [0.29, 0.717) is 52.0 Å². The van der Waals surface area contributed by atoms with Crippen LogP contribution in [0.25, 0.3) is 10.9 Å². The Hall–Kier alpha value is -4.25. The van der Waals surface area contributed by atoms with Crippen LogP contribution in [-0.4, -0.2) is 26.6 Å². The van der Waals surface area contributed by atoms with Crippen molar-refractivity contribution in [3.63, 3.8) is 0 Å². The molecule has 2 aromatic carbocycles. The lowest BCUT2D eigenvalue weighted by Gasteiger charge is -2.17. The number of benzene rings is 2. The monoisotopic (exact) mass is 651 g/mol. The number of fused-ring (bicyclic) bond motifs is 1. The Morgan fingerprint density at radius 1 is 1.05 bits per heavy atom. The van der Waals surface area contributed by atoms with E-state index in [1.54, 1.807) is 36.7 Å². The Morgan fingerprint density at radius 3 is 2.47 bits per heavy atom. The van der Waals surface area contributed by atoms with Crippen LogP contribution in [0, 0.1) is 26.7 Å². The fraction of sp³-hybridized carbons (Fsp3) is 0.250. The van der Waals surface area contributed by atoms with E-state index in [0.717, 1.165) is 17.2 Å². The van der Waals surface area contributed by atoms with E-state index in [-0.39, 0.29) is 22.9 Å². The topological polar surface area (TPSA) is 88.9 Å². The molecule has 1 aliphatic carbocycles. The number of alkyl halides is 3. The fourth-order valence-corrected chi connectivity index (χ4v) is 5.31. The first kappa shape index (κ1) is 30.2. The molecule has 2 heterocycles. The van der Waals surface area contributed by atoms with Crippen LogP contribution in [0.4, 0.5) is 18.9 Å². The summed E-state index contributed by atoms with van der Waals surface area (Å²) in [5.74, 6) is -0.773. The van der Waals surface area contributed by atoms with Crippen molar-refractivity contribution in [3.8, 4) is 0 Å². The molecule has 1 unspecified atom stereocenters. The highest BCUT2D eigenvalue weighted by molar-refractivity contribution is 9.10. The van der Waals surface area contributed by atoms with E-state index in [2.05, 4.69) is 36.6 Å². The molecule has 1 atom stereocenters. The van der Waals surface area contributed by atoms with Crippen LogP contribution in [-0.2, 0) is 24.1 Å². The number of allylic oxidation sites excluding steroid dienone is 2. The van der Waals surface area contributed by atoms with Crippen molar-refractivity contribution >= 4 is 44.3 Å². The van der Waals surface area contributed by atoms with Gasteiger partial charge in [0.25, 0.3) is 11.8 Å². The predicted octanol–water partition coefficient (Wildman–Crippen LogP) is 7.21. The van der Waals surface area contributed by atoms with Crippen molar-refractivity contribution in [1.29, 1.82) is 0 Å². The fourth-order valence-electron chi connectivity index (χ4n) is 4.95. The second-order valence-corrected chi connectivity index (χ2v) is 11.5. The first-order chi connectivity index (χ1) is 20.4. The van der Waals surface area contributed by atoms with E-state index >= 15 is 0 Å². The Bertz CT molecular complexity index is 1770. The van der Waals surface area contributed by atoms with Crippen LogP contribution in [0.3, 0.4) is 0 Å².